The summed E-state index contributed by atoms with van der Waals surface area (Å²) in [5, 5.41) is 27.4. The molecule has 41 heavy (non-hydrogen) atoms. The molecule has 222 valence electrons. The number of alkyl halides is 5. The van der Waals surface area contributed by atoms with E-state index in [2.05, 4.69) is 31.0 Å². The summed E-state index contributed by atoms with van der Waals surface area (Å²) >= 11 is 0. The van der Waals surface area contributed by atoms with Gasteiger partial charge in [0, 0.05) is 31.4 Å². The number of hydrogen-bond acceptors (Lipinski definition) is 7. The van der Waals surface area contributed by atoms with Crippen LogP contribution in [0.3, 0.4) is 0 Å². The topological polar surface area (TPSA) is 139 Å². The van der Waals surface area contributed by atoms with E-state index in [0.717, 1.165) is 12.8 Å². The van der Waals surface area contributed by atoms with E-state index in [-0.39, 0.29) is 48.5 Å². The van der Waals surface area contributed by atoms with Gasteiger partial charge in [0.15, 0.2) is 11.9 Å². The number of carbonyl (C=O) groups is 2. The normalized spacial score (nSPS) is 19.2. The molecule has 0 saturated heterocycles. The lowest BCUT2D eigenvalue weighted by molar-refractivity contribution is -0.145. The Balaban J connectivity index is 1.35. The summed E-state index contributed by atoms with van der Waals surface area (Å²) in [5.74, 6) is -4.17. The molecule has 2 saturated carbocycles. The lowest BCUT2D eigenvalue weighted by Crippen LogP contribution is -2.38. The molecule has 2 aliphatic carbocycles. The smallest absolute Gasteiger partial charge is 0.369 e. The average Bonchev–Trinajstić information content (AvgIpc) is 3.42. The third-order valence-corrected chi connectivity index (χ3v) is 7.43. The second-order valence-corrected chi connectivity index (χ2v) is 10.7. The molecule has 0 radical (unpaired) electrons. The van der Waals surface area contributed by atoms with E-state index in [9.17, 15) is 36.6 Å². The van der Waals surface area contributed by atoms with Gasteiger partial charge in [0.05, 0.1) is 36.7 Å². The molecule has 0 unspecified atom stereocenters. The number of carbonyl (C=O) groups excluding carboxylic acids is 2. The maximum atomic E-state index is 13.9. The summed E-state index contributed by atoms with van der Waals surface area (Å²) in [4.78, 5) is 29.6. The minimum atomic E-state index is -4.51. The zero-order valence-corrected chi connectivity index (χ0v) is 21.8. The summed E-state index contributed by atoms with van der Waals surface area (Å²) in [6, 6.07) is 0.633. The molecule has 2 aliphatic rings. The monoisotopic (exact) mass is 584 g/mol. The molecule has 2 fully saturated rings. The fourth-order valence-electron chi connectivity index (χ4n) is 4.93. The molecule has 0 spiro atoms. The summed E-state index contributed by atoms with van der Waals surface area (Å²) in [7, 11) is 0. The van der Waals surface area contributed by atoms with Gasteiger partial charge in [0.2, 0.25) is 11.8 Å². The summed E-state index contributed by atoms with van der Waals surface area (Å²) in [5.41, 5.74) is 0.879. The number of rotatable bonds is 10. The van der Waals surface area contributed by atoms with Crippen LogP contribution in [0, 0.1) is 11.8 Å². The number of amides is 2. The number of nitrogens with one attached hydrogen (secondary N) is 2. The first kappa shape index (κ1) is 28.8. The fraction of sp³-hybridized carbons (Fsp3) is 0.600. The van der Waals surface area contributed by atoms with Crippen molar-refractivity contribution in [2.75, 3.05) is 0 Å². The van der Waals surface area contributed by atoms with Crippen LogP contribution in [-0.2, 0) is 11.3 Å². The molecule has 3 N–H and O–H groups in total. The van der Waals surface area contributed by atoms with Crippen molar-refractivity contribution in [1.82, 2.24) is 40.2 Å². The van der Waals surface area contributed by atoms with Crippen molar-refractivity contribution in [1.29, 1.82) is 0 Å². The molecule has 16 heteroatoms. The lowest BCUT2D eigenvalue weighted by Gasteiger charge is -2.33. The van der Waals surface area contributed by atoms with Gasteiger partial charge in [-0.3, -0.25) is 9.59 Å². The van der Waals surface area contributed by atoms with Crippen molar-refractivity contribution in [3.05, 3.63) is 41.6 Å². The number of hydrogen-bond donors (Lipinski definition) is 3. The van der Waals surface area contributed by atoms with Crippen molar-refractivity contribution < 1.29 is 36.6 Å². The Hall–Kier alpha value is -3.69. The highest BCUT2D eigenvalue weighted by Crippen LogP contribution is 2.41. The molecular weight excluding hydrogens is 555 g/mol. The molecule has 0 aliphatic heterocycles. The number of aliphatic hydroxyl groups is 1. The molecule has 0 aromatic carbocycles. The van der Waals surface area contributed by atoms with E-state index in [4.69, 9.17) is 0 Å². The standard InChI is InChI=1S/C25H29F5N8O3/c26-24(27)6-3-15(4-7-24)21(35-23(41)18-11-31-36-37(18)12-14-1-2-14)17-13-38-19(33-17)9-16(10-32-38)22(40)34-20(39)5-8-25(28,29)30/h9-11,13-15,21-22,40H,1-8,12H2,(H,34,39)(H,35,41)/t21-,22+/m0/s1. The van der Waals surface area contributed by atoms with Gasteiger partial charge in [0.25, 0.3) is 5.91 Å². The average molecular weight is 585 g/mol. The van der Waals surface area contributed by atoms with Crippen molar-refractivity contribution in [2.24, 2.45) is 11.8 Å². The van der Waals surface area contributed by atoms with Gasteiger partial charge in [-0.25, -0.2) is 23.0 Å². The number of halogens is 5. The quantitative estimate of drug-likeness (QED) is 0.245. The first-order valence-corrected chi connectivity index (χ1v) is 13.3. The second kappa shape index (κ2) is 11.3. The Kier molecular flexibility index (Phi) is 7.94. The van der Waals surface area contributed by atoms with Crippen LogP contribution in [0.4, 0.5) is 22.0 Å². The highest BCUT2D eigenvalue weighted by atomic mass is 19.4. The van der Waals surface area contributed by atoms with E-state index in [0.29, 0.717) is 18.2 Å². The van der Waals surface area contributed by atoms with Gasteiger partial charge >= 0.3 is 6.18 Å². The van der Waals surface area contributed by atoms with Crippen molar-refractivity contribution in [3.8, 4) is 0 Å². The van der Waals surface area contributed by atoms with Gasteiger partial charge in [-0.2, -0.15) is 18.3 Å². The minimum absolute atomic E-state index is 0.0722. The van der Waals surface area contributed by atoms with E-state index < -0.39 is 49.0 Å². The van der Waals surface area contributed by atoms with Crippen LogP contribution in [0.25, 0.3) is 5.65 Å². The largest absolute Gasteiger partial charge is 0.389 e. The van der Waals surface area contributed by atoms with Gasteiger partial charge < -0.3 is 15.7 Å². The Labute approximate surface area is 230 Å². The predicted molar refractivity (Wildman–Crippen MR) is 131 cm³/mol. The van der Waals surface area contributed by atoms with E-state index in [1.807, 2.05) is 0 Å². The van der Waals surface area contributed by atoms with Crippen LogP contribution in [0.2, 0.25) is 0 Å². The number of aromatic nitrogens is 6. The van der Waals surface area contributed by atoms with Crippen LogP contribution >= 0.6 is 0 Å². The predicted octanol–water partition coefficient (Wildman–Crippen LogP) is 3.48. The molecule has 2 atom stereocenters. The first-order chi connectivity index (χ1) is 19.4. The maximum Gasteiger partial charge on any atom is 0.389 e. The van der Waals surface area contributed by atoms with E-state index in [1.165, 1.54) is 33.9 Å². The van der Waals surface area contributed by atoms with Crippen LogP contribution in [0.15, 0.2) is 24.7 Å². The molecule has 3 heterocycles. The van der Waals surface area contributed by atoms with Crippen molar-refractivity contribution in [2.45, 2.75) is 82.3 Å². The van der Waals surface area contributed by atoms with E-state index >= 15 is 0 Å². The Bertz CT molecular complexity index is 1390. The minimum Gasteiger partial charge on any atom is -0.369 e. The van der Waals surface area contributed by atoms with Crippen LogP contribution in [0.1, 0.15) is 85.4 Å². The maximum absolute atomic E-state index is 13.9. The van der Waals surface area contributed by atoms with Crippen molar-refractivity contribution >= 4 is 17.5 Å². The zero-order valence-electron chi connectivity index (χ0n) is 21.8. The molecule has 11 nitrogen and oxygen atoms in total. The molecule has 3 aromatic rings. The van der Waals surface area contributed by atoms with Crippen molar-refractivity contribution in [3.63, 3.8) is 0 Å². The van der Waals surface area contributed by atoms with Gasteiger partial charge in [-0.1, -0.05) is 5.21 Å². The van der Waals surface area contributed by atoms with Crippen LogP contribution < -0.4 is 10.6 Å². The molecular formula is C25H29F5N8O3. The molecule has 3 aromatic heterocycles. The van der Waals surface area contributed by atoms with Gasteiger partial charge in [-0.05, 0) is 43.6 Å². The zero-order chi connectivity index (χ0) is 29.4. The number of aliphatic hydroxyl groups excluding tert-OH is 1. The number of fused-ring (bicyclic) bond motifs is 1. The highest BCUT2D eigenvalue weighted by Gasteiger charge is 2.40. The second-order valence-electron chi connectivity index (χ2n) is 10.7. The summed E-state index contributed by atoms with van der Waals surface area (Å²) < 4.78 is 67.9. The Morgan fingerprint density at radius 2 is 1.85 bits per heavy atom. The number of imidazole rings is 1. The highest BCUT2D eigenvalue weighted by molar-refractivity contribution is 5.92. The first-order valence-electron chi connectivity index (χ1n) is 13.3. The summed E-state index contributed by atoms with van der Waals surface area (Å²) in [6.45, 7) is 0.555. The molecule has 2 amide bonds. The lowest BCUT2D eigenvalue weighted by atomic mass is 9.81. The van der Waals surface area contributed by atoms with Gasteiger partial charge in [0.1, 0.15) is 5.69 Å². The van der Waals surface area contributed by atoms with Crippen LogP contribution in [0.5, 0.6) is 0 Å². The van der Waals surface area contributed by atoms with Gasteiger partial charge in [-0.15, -0.1) is 5.10 Å². The number of nitrogens with zero attached hydrogens (tertiary/aromatic N) is 6. The third-order valence-electron chi connectivity index (χ3n) is 7.43. The Morgan fingerprint density at radius 1 is 1.12 bits per heavy atom. The SMILES string of the molecule is O=C(CCC(F)(F)F)N[C@H](O)c1cnn2cc([C@@H](NC(=O)c3cnnn3CC3CC3)C3CCC(F)(F)CC3)nc2c1. The fourth-order valence-corrected chi connectivity index (χ4v) is 4.93. The molecule has 0 bridgehead atoms. The third kappa shape index (κ3) is 7.34. The van der Waals surface area contributed by atoms with Crippen LogP contribution in [-0.4, -0.2) is 58.6 Å². The Morgan fingerprint density at radius 3 is 2.54 bits per heavy atom. The summed E-state index contributed by atoms with van der Waals surface area (Å²) in [6.07, 6.45) is -2.51. The molecule has 5 rings (SSSR count). The van der Waals surface area contributed by atoms with E-state index in [1.54, 1.807) is 0 Å².